The summed E-state index contributed by atoms with van der Waals surface area (Å²) in [5.41, 5.74) is -0.411. The Hall–Kier alpha value is -1.51. The molecule has 1 saturated carbocycles. The topological polar surface area (TPSA) is 51.2 Å². The first-order chi connectivity index (χ1) is 12.6. The average Bonchev–Trinajstić information content (AvgIpc) is 3.10. The molecule has 1 aliphatic carbocycles. The Bertz CT molecular complexity index is 536. The van der Waals surface area contributed by atoms with Crippen molar-refractivity contribution in [1.82, 2.24) is 20.0 Å². The highest BCUT2D eigenvalue weighted by molar-refractivity contribution is 5.85. The van der Waals surface area contributed by atoms with E-state index < -0.39 is 17.6 Å². The van der Waals surface area contributed by atoms with Crippen molar-refractivity contribution in [2.75, 3.05) is 53.9 Å². The van der Waals surface area contributed by atoms with Crippen LogP contribution in [-0.2, 0) is 4.79 Å². The third-order valence-corrected chi connectivity index (χ3v) is 5.85. The Morgan fingerprint density at radius 1 is 1.19 bits per heavy atom. The van der Waals surface area contributed by atoms with Gasteiger partial charge in [-0.2, -0.15) is 13.2 Å². The van der Waals surface area contributed by atoms with Crippen molar-refractivity contribution >= 4 is 11.9 Å². The molecule has 0 aromatic carbocycles. The fourth-order valence-electron chi connectivity index (χ4n) is 4.10. The number of carbonyl (C=O) groups is 1. The van der Waals surface area contributed by atoms with Crippen LogP contribution in [0.15, 0.2) is 4.99 Å². The molecule has 1 N–H and O–H groups in total. The van der Waals surface area contributed by atoms with E-state index in [1.165, 1.54) is 11.8 Å². The number of alkyl halides is 3. The van der Waals surface area contributed by atoms with E-state index in [-0.39, 0.29) is 5.91 Å². The molecule has 1 unspecified atom stereocenters. The van der Waals surface area contributed by atoms with Crippen molar-refractivity contribution in [2.24, 2.45) is 10.4 Å². The molecule has 1 saturated heterocycles. The van der Waals surface area contributed by atoms with Crippen LogP contribution in [0.4, 0.5) is 13.2 Å². The van der Waals surface area contributed by atoms with Crippen LogP contribution in [0.3, 0.4) is 0 Å². The van der Waals surface area contributed by atoms with Crippen molar-refractivity contribution < 1.29 is 18.0 Å². The molecule has 0 spiro atoms. The number of rotatable bonds is 4. The molecule has 1 atom stereocenters. The number of guanidine groups is 1. The molecule has 0 aromatic rings. The maximum atomic E-state index is 12.9. The van der Waals surface area contributed by atoms with Gasteiger partial charge in [0.25, 0.3) is 0 Å². The maximum Gasteiger partial charge on any atom is 0.403 e. The fourth-order valence-corrected chi connectivity index (χ4v) is 4.10. The van der Waals surface area contributed by atoms with Crippen LogP contribution in [0.2, 0.25) is 0 Å². The summed E-state index contributed by atoms with van der Waals surface area (Å²) in [6.45, 7) is 3.35. The van der Waals surface area contributed by atoms with Crippen molar-refractivity contribution in [3.05, 3.63) is 0 Å². The van der Waals surface area contributed by atoms with E-state index in [0.717, 1.165) is 25.7 Å². The monoisotopic (exact) mass is 391 g/mol. The van der Waals surface area contributed by atoms with Crippen LogP contribution >= 0.6 is 0 Å². The number of amides is 1. The van der Waals surface area contributed by atoms with Crippen LogP contribution in [0, 0.1) is 5.41 Å². The SMILES string of the molecule is CN=C(NCC1(C(=O)N(C)C)CCCC1)N1CCN(C(C)C(F)(F)F)CC1. The second-order valence-corrected chi connectivity index (χ2v) is 7.83. The number of halogens is 3. The van der Waals surface area contributed by atoms with Crippen molar-refractivity contribution in [2.45, 2.75) is 44.8 Å². The smallest absolute Gasteiger partial charge is 0.355 e. The molecular weight excluding hydrogens is 359 g/mol. The lowest BCUT2D eigenvalue weighted by atomic mass is 9.84. The van der Waals surface area contributed by atoms with E-state index in [1.807, 2.05) is 4.90 Å². The van der Waals surface area contributed by atoms with Gasteiger partial charge in [-0.05, 0) is 19.8 Å². The van der Waals surface area contributed by atoms with Gasteiger partial charge in [0.15, 0.2) is 5.96 Å². The zero-order valence-electron chi connectivity index (χ0n) is 16.8. The Morgan fingerprint density at radius 2 is 1.74 bits per heavy atom. The number of aliphatic imine (C=N–C) groups is 1. The molecule has 156 valence electrons. The highest BCUT2D eigenvalue weighted by Gasteiger charge is 2.43. The van der Waals surface area contributed by atoms with Gasteiger partial charge in [0.05, 0.1) is 5.41 Å². The van der Waals surface area contributed by atoms with Gasteiger partial charge in [-0.3, -0.25) is 14.7 Å². The Balaban J connectivity index is 1.94. The summed E-state index contributed by atoms with van der Waals surface area (Å²) in [4.78, 5) is 22.0. The lowest BCUT2D eigenvalue weighted by Crippen LogP contribution is -2.58. The molecule has 0 aromatic heterocycles. The minimum absolute atomic E-state index is 0.131. The first-order valence-electron chi connectivity index (χ1n) is 9.59. The Labute approximate surface area is 159 Å². The van der Waals surface area contributed by atoms with Crippen molar-refractivity contribution in [3.8, 4) is 0 Å². The van der Waals surface area contributed by atoms with Gasteiger partial charge < -0.3 is 15.1 Å². The molecule has 2 fully saturated rings. The molecular formula is C18H32F3N5O. The van der Waals surface area contributed by atoms with Gasteiger partial charge in [-0.15, -0.1) is 0 Å². The number of hydrogen-bond acceptors (Lipinski definition) is 3. The normalized spacial score (nSPS) is 22.6. The third-order valence-electron chi connectivity index (χ3n) is 5.85. The molecule has 0 radical (unpaired) electrons. The standard InChI is InChI=1S/C18H32F3N5O/c1-14(18(19,20)21)25-9-11-26(12-10-25)16(22-2)23-13-17(7-5-6-8-17)15(27)24(3)4/h14H,5-13H2,1-4H3,(H,22,23). The highest BCUT2D eigenvalue weighted by Crippen LogP contribution is 2.39. The Morgan fingerprint density at radius 3 is 2.19 bits per heavy atom. The van der Waals surface area contributed by atoms with Gasteiger partial charge in [0, 0.05) is 53.9 Å². The predicted molar refractivity (Wildman–Crippen MR) is 99.6 cm³/mol. The molecule has 9 heteroatoms. The van der Waals surface area contributed by atoms with E-state index >= 15 is 0 Å². The van der Waals surface area contributed by atoms with Crippen LogP contribution in [0.5, 0.6) is 0 Å². The van der Waals surface area contributed by atoms with Crippen LogP contribution in [-0.4, -0.2) is 92.7 Å². The number of carbonyl (C=O) groups excluding carboxylic acids is 1. The summed E-state index contributed by atoms with van der Waals surface area (Å²) in [5, 5.41) is 3.32. The highest BCUT2D eigenvalue weighted by atomic mass is 19.4. The van der Waals surface area contributed by atoms with Gasteiger partial charge in [0.2, 0.25) is 5.91 Å². The van der Waals surface area contributed by atoms with E-state index in [4.69, 9.17) is 0 Å². The predicted octanol–water partition coefficient (Wildman–Crippen LogP) is 1.78. The van der Waals surface area contributed by atoms with Crippen molar-refractivity contribution in [1.29, 1.82) is 0 Å². The second kappa shape index (κ2) is 8.67. The van der Waals surface area contributed by atoms with Gasteiger partial charge in [-0.25, -0.2) is 0 Å². The minimum atomic E-state index is -4.20. The molecule has 2 aliphatic rings. The summed E-state index contributed by atoms with van der Waals surface area (Å²) < 4.78 is 38.7. The number of piperazine rings is 1. The summed E-state index contributed by atoms with van der Waals surface area (Å²) >= 11 is 0. The molecule has 1 amide bonds. The van der Waals surface area contributed by atoms with Crippen LogP contribution < -0.4 is 5.32 Å². The van der Waals surface area contributed by atoms with Gasteiger partial charge in [0.1, 0.15) is 6.04 Å². The summed E-state index contributed by atoms with van der Waals surface area (Å²) in [7, 11) is 5.22. The molecule has 6 nitrogen and oxygen atoms in total. The quantitative estimate of drug-likeness (QED) is 0.586. The maximum absolute atomic E-state index is 12.9. The van der Waals surface area contributed by atoms with Crippen LogP contribution in [0.1, 0.15) is 32.6 Å². The number of hydrogen-bond donors (Lipinski definition) is 1. The Kier molecular flexibility index (Phi) is 6.99. The summed E-state index contributed by atoms with van der Waals surface area (Å²) in [5.74, 6) is 0.791. The first-order valence-corrected chi connectivity index (χ1v) is 9.59. The van der Waals surface area contributed by atoms with E-state index in [1.54, 1.807) is 26.0 Å². The largest absolute Gasteiger partial charge is 0.403 e. The average molecular weight is 391 g/mol. The second-order valence-electron chi connectivity index (χ2n) is 7.83. The molecule has 0 bridgehead atoms. The zero-order chi connectivity index (χ0) is 20.2. The van der Waals surface area contributed by atoms with E-state index in [9.17, 15) is 18.0 Å². The molecule has 2 rings (SSSR count). The molecule has 1 heterocycles. The third kappa shape index (κ3) is 5.06. The van der Waals surface area contributed by atoms with E-state index in [0.29, 0.717) is 38.7 Å². The first kappa shape index (κ1) is 21.8. The van der Waals surface area contributed by atoms with Crippen LogP contribution in [0.25, 0.3) is 0 Å². The molecule has 27 heavy (non-hydrogen) atoms. The van der Waals surface area contributed by atoms with Gasteiger partial charge in [-0.1, -0.05) is 12.8 Å². The van der Waals surface area contributed by atoms with Gasteiger partial charge >= 0.3 is 6.18 Å². The van der Waals surface area contributed by atoms with E-state index in [2.05, 4.69) is 10.3 Å². The molecule has 1 aliphatic heterocycles. The minimum Gasteiger partial charge on any atom is -0.355 e. The van der Waals surface area contributed by atoms with Crippen molar-refractivity contribution in [3.63, 3.8) is 0 Å². The summed E-state index contributed by atoms with van der Waals surface area (Å²) in [6, 6.07) is -1.44. The zero-order valence-corrected chi connectivity index (χ0v) is 16.8. The lowest BCUT2D eigenvalue weighted by molar-refractivity contribution is -0.181. The summed E-state index contributed by atoms with van der Waals surface area (Å²) in [6.07, 6.45) is -0.430. The number of nitrogens with one attached hydrogen (secondary N) is 1. The number of nitrogens with zero attached hydrogens (tertiary/aromatic N) is 4. The fraction of sp³-hybridized carbons (Fsp3) is 0.889. The lowest BCUT2D eigenvalue weighted by Gasteiger charge is -2.40.